The van der Waals surface area contributed by atoms with Gasteiger partial charge in [-0.05, 0) is 25.6 Å². The van der Waals surface area contributed by atoms with Gasteiger partial charge in [-0.2, -0.15) is 0 Å². The Morgan fingerprint density at radius 3 is 2.81 bits per heavy atom. The highest BCUT2D eigenvalue weighted by molar-refractivity contribution is 6.71. The third-order valence-corrected chi connectivity index (χ3v) is 9.03. The van der Waals surface area contributed by atoms with E-state index in [4.69, 9.17) is 9.84 Å². The second kappa shape index (κ2) is 8.03. The number of nitro benzene ring substituents is 1. The fourth-order valence-electron chi connectivity index (χ4n) is 5.20. The number of carbonyl (C=O) groups is 1. The van der Waals surface area contributed by atoms with E-state index in [1.165, 1.54) is 18.2 Å². The minimum atomic E-state index is -2.79. The molecule has 1 spiro atoms. The average molecular weight is 462 g/mol. The SMILES string of the molecule is C[C@H]1[C@H]([Si](C)(C)O)[C@@H](CCn2cc(CCO)nn2)O[C@]12C(=O)Nc1ccc([N+](=O)[O-])cc12. The van der Waals surface area contributed by atoms with E-state index in [2.05, 4.69) is 15.6 Å². The fraction of sp³-hybridized carbons (Fsp3) is 0.550. The number of ether oxygens (including phenoxy) is 1. The van der Waals surface area contributed by atoms with Gasteiger partial charge in [-0.1, -0.05) is 12.1 Å². The number of nitro groups is 1. The molecule has 1 amide bonds. The zero-order valence-corrected chi connectivity index (χ0v) is 19.2. The minimum Gasteiger partial charge on any atom is -0.432 e. The molecule has 172 valence electrons. The smallest absolute Gasteiger partial charge is 0.269 e. The number of carbonyl (C=O) groups excluding carboxylic acids is 1. The predicted octanol–water partition coefficient (Wildman–Crippen LogP) is 1.56. The molecule has 2 aliphatic heterocycles. The summed E-state index contributed by atoms with van der Waals surface area (Å²) < 4.78 is 8.10. The van der Waals surface area contributed by atoms with Crippen LogP contribution >= 0.6 is 0 Å². The second-order valence-corrected chi connectivity index (χ2v) is 13.0. The number of rotatable bonds is 7. The number of non-ortho nitro benzene ring substituents is 1. The summed E-state index contributed by atoms with van der Waals surface area (Å²) in [6.45, 7) is 5.95. The van der Waals surface area contributed by atoms with Crippen molar-refractivity contribution in [2.45, 2.75) is 56.7 Å². The maximum atomic E-state index is 13.2. The summed E-state index contributed by atoms with van der Waals surface area (Å²) in [5, 5.41) is 31.3. The molecular weight excluding hydrogens is 434 g/mol. The molecule has 3 N–H and O–H groups in total. The molecule has 3 heterocycles. The summed E-state index contributed by atoms with van der Waals surface area (Å²) in [6.07, 6.45) is 2.20. The summed E-state index contributed by atoms with van der Waals surface area (Å²) in [5.41, 5.74) is -0.174. The van der Waals surface area contributed by atoms with Crippen LogP contribution in [0.25, 0.3) is 0 Å². The molecule has 4 atom stereocenters. The Balaban J connectivity index is 1.67. The van der Waals surface area contributed by atoms with Crippen LogP contribution in [-0.4, -0.2) is 56.8 Å². The molecule has 1 aromatic carbocycles. The van der Waals surface area contributed by atoms with Crippen molar-refractivity contribution in [3.8, 4) is 0 Å². The van der Waals surface area contributed by atoms with Gasteiger partial charge in [0.25, 0.3) is 11.6 Å². The van der Waals surface area contributed by atoms with Crippen molar-refractivity contribution in [2.75, 3.05) is 11.9 Å². The van der Waals surface area contributed by atoms with Gasteiger partial charge in [-0.25, -0.2) is 0 Å². The fourth-order valence-corrected chi connectivity index (χ4v) is 7.81. The van der Waals surface area contributed by atoms with E-state index >= 15 is 0 Å². The zero-order chi connectivity index (χ0) is 23.3. The lowest BCUT2D eigenvalue weighted by atomic mass is 9.82. The van der Waals surface area contributed by atoms with Crippen molar-refractivity contribution >= 4 is 25.6 Å². The average Bonchev–Trinajstić information content (AvgIpc) is 3.36. The highest BCUT2D eigenvalue weighted by Gasteiger charge is 2.64. The molecule has 32 heavy (non-hydrogen) atoms. The first-order valence-electron chi connectivity index (χ1n) is 10.6. The van der Waals surface area contributed by atoms with E-state index < -0.39 is 24.9 Å². The van der Waals surface area contributed by atoms with Crippen LogP contribution in [0.5, 0.6) is 0 Å². The molecule has 4 rings (SSSR count). The van der Waals surface area contributed by atoms with Crippen molar-refractivity contribution in [1.29, 1.82) is 0 Å². The van der Waals surface area contributed by atoms with Crippen molar-refractivity contribution in [1.82, 2.24) is 15.0 Å². The molecule has 0 unspecified atom stereocenters. The number of anilines is 1. The summed E-state index contributed by atoms with van der Waals surface area (Å²) in [6, 6.07) is 4.28. The summed E-state index contributed by atoms with van der Waals surface area (Å²) in [5.74, 6) is -0.750. The summed E-state index contributed by atoms with van der Waals surface area (Å²) in [4.78, 5) is 35.2. The third-order valence-electron chi connectivity index (χ3n) is 6.53. The van der Waals surface area contributed by atoms with Gasteiger partial charge in [0.05, 0.1) is 16.7 Å². The van der Waals surface area contributed by atoms with Gasteiger partial charge >= 0.3 is 0 Å². The molecule has 1 aromatic heterocycles. The molecule has 0 radical (unpaired) electrons. The zero-order valence-electron chi connectivity index (χ0n) is 18.2. The predicted molar refractivity (Wildman–Crippen MR) is 116 cm³/mol. The van der Waals surface area contributed by atoms with Crippen LogP contribution in [0.1, 0.15) is 24.6 Å². The molecule has 2 aromatic rings. The Labute approximate surface area is 185 Å². The number of amides is 1. The van der Waals surface area contributed by atoms with Gasteiger partial charge in [0.2, 0.25) is 0 Å². The number of aliphatic hydroxyl groups excluding tert-OH is 1. The Morgan fingerprint density at radius 2 is 2.16 bits per heavy atom. The van der Waals surface area contributed by atoms with Gasteiger partial charge in [-0.15, -0.1) is 5.10 Å². The normalized spacial score (nSPS) is 27.0. The van der Waals surface area contributed by atoms with Crippen LogP contribution in [0.4, 0.5) is 11.4 Å². The van der Waals surface area contributed by atoms with Crippen LogP contribution in [0.15, 0.2) is 24.4 Å². The first kappa shape index (κ1) is 22.5. The molecule has 0 bridgehead atoms. The monoisotopic (exact) mass is 461 g/mol. The van der Waals surface area contributed by atoms with Crippen LogP contribution < -0.4 is 5.32 Å². The van der Waals surface area contributed by atoms with E-state index in [1.807, 2.05) is 20.0 Å². The van der Waals surface area contributed by atoms with Crippen molar-refractivity contribution < 1.29 is 24.4 Å². The number of hydrogen-bond acceptors (Lipinski definition) is 8. The quantitative estimate of drug-likeness (QED) is 0.319. The van der Waals surface area contributed by atoms with E-state index in [0.29, 0.717) is 36.3 Å². The van der Waals surface area contributed by atoms with Gasteiger partial charge in [0.1, 0.15) is 0 Å². The first-order valence-corrected chi connectivity index (χ1v) is 13.6. The largest absolute Gasteiger partial charge is 0.432 e. The maximum Gasteiger partial charge on any atom is 0.269 e. The lowest BCUT2D eigenvalue weighted by molar-refractivity contribution is -0.385. The van der Waals surface area contributed by atoms with Crippen LogP contribution in [0.3, 0.4) is 0 Å². The maximum absolute atomic E-state index is 13.2. The van der Waals surface area contributed by atoms with Gasteiger partial charge in [-0.3, -0.25) is 19.6 Å². The number of aryl methyl sites for hydroxylation is 1. The van der Waals surface area contributed by atoms with Crippen molar-refractivity contribution in [3.05, 3.63) is 45.8 Å². The van der Waals surface area contributed by atoms with E-state index in [9.17, 15) is 19.7 Å². The summed E-state index contributed by atoms with van der Waals surface area (Å²) in [7, 11) is -2.79. The highest BCUT2D eigenvalue weighted by atomic mass is 28.4. The van der Waals surface area contributed by atoms with Gasteiger partial charge in [0.15, 0.2) is 13.9 Å². The number of fused-ring (bicyclic) bond motifs is 2. The van der Waals surface area contributed by atoms with E-state index in [-0.39, 0.29) is 29.7 Å². The number of nitrogens with zero attached hydrogens (tertiary/aromatic N) is 4. The first-order chi connectivity index (χ1) is 15.1. The Bertz CT molecular complexity index is 1050. The number of nitrogens with one attached hydrogen (secondary N) is 1. The lowest BCUT2D eigenvalue weighted by Crippen LogP contribution is -2.43. The number of hydrogen-bond donors (Lipinski definition) is 3. The van der Waals surface area contributed by atoms with Gasteiger partial charge < -0.3 is 20.0 Å². The molecule has 12 heteroatoms. The Morgan fingerprint density at radius 1 is 1.41 bits per heavy atom. The molecule has 2 aliphatic rings. The molecule has 11 nitrogen and oxygen atoms in total. The minimum absolute atomic E-state index is 0.0164. The standard InChI is InChI=1S/C20H27N5O6Si/c1-12-18(32(2,3)30)17(6-8-24-11-13(7-9-26)22-23-24)31-20(12)15-10-14(25(28)29)4-5-16(15)21-19(20)27/h4-5,10-12,17-18,26,30H,6-9H2,1-3H3,(H,21,27)/t12-,17+,18-,20+/m0/s1. The molecule has 1 fully saturated rings. The Kier molecular flexibility index (Phi) is 5.65. The topological polar surface area (TPSA) is 153 Å². The van der Waals surface area contributed by atoms with E-state index in [1.54, 1.807) is 10.9 Å². The molecular formula is C20H27N5O6Si. The molecule has 0 saturated carbocycles. The number of aromatic nitrogens is 3. The third kappa shape index (κ3) is 3.62. The van der Waals surface area contributed by atoms with Crippen molar-refractivity contribution in [3.63, 3.8) is 0 Å². The number of benzene rings is 1. The van der Waals surface area contributed by atoms with E-state index in [0.717, 1.165) is 0 Å². The lowest BCUT2D eigenvalue weighted by Gasteiger charge is -2.32. The highest BCUT2D eigenvalue weighted by Crippen LogP contribution is 2.58. The summed E-state index contributed by atoms with van der Waals surface area (Å²) >= 11 is 0. The van der Waals surface area contributed by atoms with Crippen LogP contribution in [0, 0.1) is 16.0 Å². The second-order valence-electron chi connectivity index (χ2n) is 9.04. The Hall–Kier alpha value is -2.67. The molecule has 1 saturated heterocycles. The van der Waals surface area contributed by atoms with Crippen LogP contribution in [0.2, 0.25) is 18.6 Å². The molecule has 0 aliphatic carbocycles. The van der Waals surface area contributed by atoms with Crippen LogP contribution in [-0.2, 0) is 28.1 Å². The van der Waals surface area contributed by atoms with Crippen molar-refractivity contribution in [2.24, 2.45) is 5.92 Å². The number of aliphatic hydroxyl groups is 1. The van der Waals surface area contributed by atoms with Gasteiger partial charge in [0, 0.05) is 60.6 Å².